The van der Waals surface area contributed by atoms with Crippen LogP contribution >= 0.6 is 0 Å². The van der Waals surface area contributed by atoms with Gasteiger partial charge < -0.3 is 15.4 Å². The third-order valence-electron chi connectivity index (χ3n) is 6.29. The van der Waals surface area contributed by atoms with Gasteiger partial charge in [-0.3, -0.25) is 9.89 Å². The standard InChI is InChI=1S/C16H15F6NO2.C7H7F.C4H7N3/c17-15(18,19)10-3-9(4-11(5-10)16(20,21)22)8-25-13-6-12-1-2-14(24)23(12)7-13;1-6-3-2-4-7(8)5-6;5-1-4-2-6-7-3-4/h3-5,12-13H,1-2,6-8H2;2-5H,1H3;2-3H,1,5H2,(H,6,7)/t12-,13?;;/m0../s1. The fourth-order valence-electron chi connectivity index (χ4n) is 4.32. The van der Waals surface area contributed by atoms with E-state index in [1.807, 2.05) is 13.0 Å². The summed E-state index contributed by atoms with van der Waals surface area (Å²) < 4.78 is 94.6. The van der Waals surface area contributed by atoms with Crippen molar-refractivity contribution in [2.75, 3.05) is 6.54 Å². The molecule has 3 aromatic rings. The minimum Gasteiger partial charge on any atom is -0.372 e. The lowest BCUT2D eigenvalue weighted by Gasteiger charge is -2.17. The molecule has 3 N–H and O–H groups in total. The monoisotopic (exact) mass is 574 g/mol. The Balaban J connectivity index is 0.000000238. The van der Waals surface area contributed by atoms with E-state index in [1.165, 1.54) is 12.1 Å². The van der Waals surface area contributed by atoms with Gasteiger partial charge in [0.05, 0.1) is 30.0 Å². The van der Waals surface area contributed by atoms with Crippen LogP contribution in [0.3, 0.4) is 0 Å². The van der Waals surface area contributed by atoms with Crippen LogP contribution in [0.2, 0.25) is 0 Å². The SMILES string of the molecule is Cc1cccc(F)c1.NCc1cn[nH]c1.O=C1CC[C@H]2CC(OCc3cc(C(F)(F)F)cc(C(F)(F)F)c3)CN12. The van der Waals surface area contributed by atoms with Crippen LogP contribution in [0.15, 0.2) is 54.9 Å². The second-order valence-corrected chi connectivity index (χ2v) is 9.43. The third kappa shape index (κ3) is 9.05. The number of aryl methyl sites for hydroxylation is 1. The van der Waals surface area contributed by atoms with Gasteiger partial charge in [-0.1, -0.05) is 12.1 Å². The van der Waals surface area contributed by atoms with Crippen molar-refractivity contribution in [3.8, 4) is 0 Å². The van der Waals surface area contributed by atoms with Crippen molar-refractivity contribution in [3.05, 3.63) is 88.5 Å². The Kier molecular flexibility index (Phi) is 10.3. The normalized spacial score (nSPS) is 18.5. The predicted octanol–water partition coefficient (Wildman–Crippen LogP) is 6.01. The maximum atomic E-state index is 12.8. The number of aromatic nitrogens is 2. The molecule has 0 bridgehead atoms. The fourth-order valence-corrected chi connectivity index (χ4v) is 4.32. The summed E-state index contributed by atoms with van der Waals surface area (Å²) >= 11 is 0. The van der Waals surface area contributed by atoms with Crippen LogP contribution in [0.25, 0.3) is 0 Å². The lowest BCUT2D eigenvalue weighted by molar-refractivity contribution is -0.143. The summed E-state index contributed by atoms with van der Waals surface area (Å²) in [6, 6.07) is 7.98. The molecule has 2 aromatic carbocycles. The quantitative estimate of drug-likeness (QED) is 0.374. The molecule has 0 saturated carbocycles. The second kappa shape index (κ2) is 13.3. The van der Waals surface area contributed by atoms with Crippen LogP contribution in [-0.4, -0.2) is 39.7 Å². The van der Waals surface area contributed by atoms with Crippen molar-refractivity contribution in [3.63, 3.8) is 0 Å². The molecule has 0 radical (unpaired) electrons. The number of rotatable bonds is 4. The van der Waals surface area contributed by atoms with Crippen molar-refractivity contribution >= 4 is 5.91 Å². The number of hydrogen-bond acceptors (Lipinski definition) is 4. The Morgan fingerprint density at radius 3 is 2.17 bits per heavy atom. The van der Waals surface area contributed by atoms with Crippen molar-refractivity contribution < 1.29 is 40.3 Å². The van der Waals surface area contributed by atoms with E-state index in [0.717, 1.165) is 11.1 Å². The lowest BCUT2D eigenvalue weighted by Crippen LogP contribution is -2.28. The van der Waals surface area contributed by atoms with Gasteiger partial charge in [-0.05, 0) is 61.2 Å². The zero-order valence-corrected chi connectivity index (χ0v) is 21.5. The molecule has 40 heavy (non-hydrogen) atoms. The molecule has 2 fully saturated rings. The number of nitrogens with zero attached hydrogens (tertiary/aromatic N) is 2. The first kappa shape index (κ1) is 31.1. The van der Waals surface area contributed by atoms with Gasteiger partial charge >= 0.3 is 12.4 Å². The molecule has 1 unspecified atom stereocenters. The van der Waals surface area contributed by atoms with E-state index < -0.39 is 23.5 Å². The number of hydrogen-bond donors (Lipinski definition) is 2. The summed E-state index contributed by atoms with van der Waals surface area (Å²) in [6.45, 7) is 2.39. The van der Waals surface area contributed by atoms with Crippen LogP contribution < -0.4 is 5.73 Å². The molecule has 218 valence electrons. The van der Waals surface area contributed by atoms with E-state index >= 15 is 0 Å². The van der Waals surface area contributed by atoms with Crippen LogP contribution in [0.4, 0.5) is 30.7 Å². The van der Waals surface area contributed by atoms with E-state index in [4.69, 9.17) is 10.5 Å². The number of ether oxygens (including phenoxy) is 1. The number of amides is 1. The zero-order valence-electron chi connectivity index (χ0n) is 21.5. The summed E-state index contributed by atoms with van der Waals surface area (Å²) in [5.41, 5.74) is 4.33. The Morgan fingerprint density at radius 1 is 1.05 bits per heavy atom. The number of halogens is 7. The first-order chi connectivity index (χ1) is 18.8. The Bertz CT molecular complexity index is 1200. The zero-order chi connectivity index (χ0) is 29.5. The maximum absolute atomic E-state index is 12.8. The van der Waals surface area contributed by atoms with E-state index in [2.05, 4.69) is 10.2 Å². The molecule has 2 aliphatic rings. The summed E-state index contributed by atoms with van der Waals surface area (Å²) in [6.07, 6.45) is -4.91. The minimum atomic E-state index is -4.88. The number of H-pyrrole nitrogens is 1. The average Bonchev–Trinajstić information content (AvgIpc) is 3.62. The number of fused-ring (bicyclic) bond motifs is 1. The van der Waals surface area contributed by atoms with Gasteiger partial charge in [0, 0.05) is 37.3 Å². The van der Waals surface area contributed by atoms with Crippen LogP contribution in [0.5, 0.6) is 0 Å². The van der Waals surface area contributed by atoms with Crippen molar-refractivity contribution in [1.29, 1.82) is 0 Å². The molecule has 1 aromatic heterocycles. The highest BCUT2D eigenvalue weighted by molar-refractivity contribution is 5.79. The van der Waals surface area contributed by atoms with Gasteiger partial charge in [0.2, 0.25) is 5.91 Å². The highest BCUT2D eigenvalue weighted by atomic mass is 19.4. The van der Waals surface area contributed by atoms with Gasteiger partial charge in [-0.2, -0.15) is 31.4 Å². The first-order valence-corrected chi connectivity index (χ1v) is 12.4. The number of alkyl halides is 6. The van der Waals surface area contributed by atoms with E-state index in [9.17, 15) is 35.5 Å². The number of benzene rings is 2. The van der Waals surface area contributed by atoms with Crippen LogP contribution in [0.1, 0.15) is 47.1 Å². The molecule has 0 aliphatic carbocycles. The van der Waals surface area contributed by atoms with Crippen LogP contribution in [0, 0.1) is 12.7 Å². The van der Waals surface area contributed by atoms with Gasteiger partial charge in [-0.25, -0.2) is 4.39 Å². The summed E-state index contributed by atoms with van der Waals surface area (Å²) in [7, 11) is 0. The van der Waals surface area contributed by atoms with Gasteiger partial charge in [-0.15, -0.1) is 0 Å². The van der Waals surface area contributed by atoms with Crippen molar-refractivity contribution in [2.45, 2.75) is 63.8 Å². The number of carbonyl (C=O) groups is 1. The van der Waals surface area contributed by atoms with Crippen molar-refractivity contribution in [1.82, 2.24) is 15.1 Å². The van der Waals surface area contributed by atoms with E-state index in [-0.39, 0.29) is 42.1 Å². The highest BCUT2D eigenvalue weighted by Crippen LogP contribution is 2.37. The number of nitrogens with two attached hydrogens (primary N) is 1. The highest BCUT2D eigenvalue weighted by Gasteiger charge is 2.40. The topological polar surface area (TPSA) is 84.2 Å². The third-order valence-corrected chi connectivity index (χ3v) is 6.29. The van der Waals surface area contributed by atoms with Gasteiger partial charge in [0.15, 0.2) is 0 Å². The smallest absolute Gasteiger partial charge is 0.372 e. The van der Waals surface area contributed by atoms with E-state index in [1.54, 1.807) is 23.4 Å². The molecule has 2 aliphatic heterocycles. The summed E-state index contributed by atoms with van der Waals surface area (Å²) in [4.78, 5) is 13.3. The Hall–Kier alpha value is -3.45. The predicted molar refractivity (Wildman–Crippen MR) is 132 cm³/mol. The maximum Gasteiger partial charge on any atom is 0.416 e. The number of carbonyl (C=O) groups excluding carboxylic acids is 1. The molecule has 2 atom stereocenters. The molecular weight excluding hydrogens is 545 g/mol. The molecule has 6 nitrogen and oxygen atoms in total. The Labute approximate surface area is 226 Å². The fraction of sp³-hybridized carbons (Fsp3) is 0.407. The first-order valence-electron chi connectivity index (χ1n) is 12.4. The molecule has 13 heteroatoms. The largest absolute Gasteiger partial charge is 0.416 e. The molecule has 0 spiro atoms. The second-order valence-electron chi connectivity index (χ2n) is 9.43. The summed E-state index contributed by atoms with van der Waals surface area (Å²) in [5.74, 6) is -0.153. The van der Waals surface area contributed by atoms with Crippen molar-refractivity contribution in [2.24, 2.45) is 5.73 Å². The molecule has 2 saturated heterocycles. The number of nitrogens with one attached hydrogen (secondary N) is 1. The van der Waals surface area contributed by atoms with E-state index in [0.29, 0.717) is 44.5 Å². The molecule has 5 rings (SSSR count). The lowest BCUT2D eigenvalue weighted by atomic mass is 10.0. The molecule has 3 heterocycles. The van der Waals surface area contributed by atoms with Crippen LogP contribution in [-0.2, 0) is 35.0 Å². The average molecular weight is 575 g/mol. The Morgan fingerprint density at radius 2 is 1.73 bits per heavy atom. The molecular formula is C27H29F7N4O2. The number of aromatic amines is 1. The minimum absolute atomic E-state index is 0.00882. The summed E-state index contributed by atoms with van der Waals surface area (Å²) in [5, 5.41) is 6.34. The molecule has 1 amide bonds. The van der Waals surface area contributed by atoms with Gasteiger partial charge in [0.1, 0.15) is 5.82 Å². The van der Waals surface area contributed by atoms with Gasteiger partial charge in [0.25, 0.3) is 0 Å².